The van der Waals surface area contributed by atoms with Gasteiger partial charge in [0.2, 0.25) is 5.91 Å². The van der Waals surface area contributed by atoms with Crippen molar-refractivity contribution in [2.45, 2.75) is 27.7 Å². The van der Waals surface area contributed by atoms with Crippen LogP contribution >= 0.6 is 11.6 Å². The summed E-state index contributed by atoms with van der Waals surface area (Å²) in [6, 6.07) is 17.2. The van der Waals surface area contributed by atoms with Crippen LogP contribution in [0.2, 0.25) is 5.02 Å². The Morgan fingerprint density at radius 1 is 1.03 bits per heavy atom. The standard InChI is InChI=1S/C29H28ClNO4/c1-5-33-22-11-8-20(9-12-22)25-17-35-28-16-27(34-6-2)23(15-24(25)28)19(4)13-29(32)31-26-14-21(30)10-7-18(26)3/h7-17H,5-6H2,1-4H3,(H,31,32)/b19-13+. The number of nitrogens with one attached hydrogen (secondary N) is 1. The molecule has 0 unspecified atom stereocenters. The van der Waals surface area contributed by atoms with Gasteiger partial charge in [-0.1, -0.05) is 29.8 Å². The fourth-order valence-corrected chi connectivity index (χ4v) is 4.10. The highest BCUT2D eigenvalue weighted by Gasteiger charge is 2.16. The Kier molecular flexibility index (Phi) is 7.47. The Hall–Kier alpha value is -3.70. The number of anilines is 1. The van der Waals surface area contributed by atoms with Gasteiger partial charge in [-0.3, -0.25) is 4.79 Å². The van der Waals surface area contributed by atoms with Crippen LogP contribution < -0.4 is 14.8 Å². The molecule has 180 valence electrons. The molecule has 6 heteroatoms. The minimum atomic E-state index is -0.241. The number of hydrogen-bond acceptors (Lipinski definition) is 4. The second kappa shape index (κ2) is 10.7. The highest BCUT2D eigenvalue weighted by molar-refractivity contribution is 6.31. The number of allylic oxidation sites excluding steroid dienone is 1. The summed E-state index contributed by atoms with van der Waals surface area (Å²) >= 11 is 6.09. The summed E-state index contributed by atoms with van der Waals surface area (Å²) in [7, 11) is 0. The number of amides is 1. The average molecular weight is 490 g/mol. The molecule has 0 fully saturated rings. The van der Waals surface area contributed by atoms with Crippen LogP contribution in [0.4, 0.5) is 5.69 Å². The van der Waals surface area contributed by atoms with Crippen molar-refractivity contribution in [2.75, 3.05) is 18.5 Å². The molecule has 3 aromatic carbocycles. The maximum atomic E-state index is 12.8. The molecule has 1 aromatic heterocycles. The quantitative estimate of drug-likeness (QED) is 0.255. The van der Waals surface area contributed by atoms with Gasteiger partial charge < -0.3 is 19.2 Å². The number of halogens is 1. The van der Waals surface area contributed by atoms with Gasteiger partial charge in [0, 0.05) is 39.4 Å². The highest BCUT2D eigenvalue weighted by Crippen LogP contribution is 2.38. The van der Waals surface area contributed by atoms with Crippen LogP contribution in [-0.4, -0.2) is 19.1 Å². The van der Waals surface area contributed by atoms with Gasteiger partial charge >= 0.3 is 0 Å². The molecular formula is C29H28ClNO4. The van der Waals surface area contributed by atoms with Crippen molar-refractivity contribution in [1.82, 2.24) is 0 Å². The molecule has 0 saturated carbocycles. The second-order valence-corrected chi connectivity index (χ2v) is 8.60. The molecule has 0 aliphatic carbocycles. The molecule has 0 aliphatic rings. The number of fused-ring (bicyclic) bond motifs is 1. The Balaban J connectivity index is 1.70. The maximum Gasteiger partial charge on any atom is 0.248 e. The summed E-state index contributed by atoms with van der Waals surface area (Å²) in [5.74, 6) is 1.24. The number of rotatable bonds is 8. The lowest BCUT2D eigenvalue weighted by Gasteiger charge is -2.12. The van der Waals surface area contributed by atoms with E-state index in [1.54, 1.807) is 24.5 Å². The van der Waals surface area contributed by atoms with E-state index in [1.165, 1.54) is 0 Å². The van der Waals surface area contributed by atoms with Gasteiger partial charge in [-0.15, -0.1) is 0 Å². The molecule has 0 radical (unpaired) electrons. The van der Waals surface area contributed by atoms with Gasteiger partial charge in [0.1, 0.15) is 17.1 Å². The van der Waals surface area contributed by atoms with Crippen molar-refractivity contribution in [3.63, 3.8) is 0 Å². The monoisotopic (exact) mass is 489 g/mol. The molecule has 1 heterocycles. The zero-order valence-electron chi connectivity index (χ0n) is 20.3. The van der Waals surface area contributed by atoms with E-state index in [1.807, 2.05) is 70.2 Å². The Morgan fingerprint density at radius 3 is 2.49 bits per heavy atom. The summed E-state index contributed by atoms with van der Waals surface area (Å²) in [6.45, 7) is 8.81. The first-order valence-corrected chi connectivity index (χ1v) is 11.9. The number of carbonyl (C=O) groups excluding carboxylic acids is 1. The molecule has 4 aromatic rings. The van der Waals surface area contributed by atoms with E-state index in [0.29, 0.717) is 35.3 Å². The van der Waals surface area contributed by atoms with Crippen molar-refractivity contribution in [2.24, 2.45) is 0 Å². The predicted octanol–water partition coefficient (Wildman–Crippen LogP) is 7.90. The predicted molar refractivity (Wildman–Crippen MR) is 142 cm³/mol. The maximum absolute atomic E-state index is 12.8. The van der Waals surface area contributed by atoms with Gasteiger partial charge in [-0.05, 0) is 74.7 Å². The van der Waals surface area contributed by atoms with Crippen molar-refractivity contribution < 1.29 is 18.7 Å². The molecular weight excluding hydrogens is 462 g/mol. The third kappa shape index (κ3) is 5.52. The van der Waals surface area contributed by atoms with E-state index < -0.39 is 0 Å². The molecule has 35 heavy (non-hydrogen) atoms. The van der Waals surface area contributed by atoms with Crippen molar-refractivity contribution in [1.29, 1.82) is 0 Å². The summed E-state index contributed by atoms with van der Waals surface area (Å²) in [4.78, 5) is 12.8. The van der Waals surface area contributed by atoms with E-state index >= 15 is 0 Å². The van der Waals surface area contributed by atoms with E-state index in [0.717, 1.165) is 39.0 Å². The Morgan fingerprint density at radius 2 is 1.77 bits per heavy atom. The smallest absolute Gasteiger partial charge is 0.248 e. The SMILES string of the molecule is CCOc1ccc(-c2coc3cc(OCC)c(/C(C)=C/C(=O)Nc4cc(Cl)ccc4C)cc23)cc1. The van der Waals surface area contributed by atoms with Crippen LogP contribution in [0.1, 0.15) is 31.9 Å². The Labute approximate surface area is 210 Å². The normalized spacial score (nSPS) is 11.5. The zero-order valence-corrected chi connectivity index (χ0v) is 21.0. The van der Waals surface area contributed by atoms with Crippen LogP contribution in [0.25, 0.3) is 27.7 Å². The van der Waals surface area contributed by atoms with Gasteiger partial charge in [0.05, 0.1) is 19.5 Å². The number of aryl methyl sites for hydroxylation is 1. The number of hydrogen-bond donors (Lipinski definition) is 1. The number of benzene rings is 3. The lowest BCUT2D eigenvalue weighted by Crippen LogP contribution is -2.10. The molecule has 1 N–H and O–H groups in total. The first kappa shape index (κ1) is 24.4. The fraction of sp³-hybridized carbons (Fsp3) is 0.207. The Bertz CT molecular complexity index is 1390. The van der Waals surface area contributed by atoms with Crippen molar-refractivity contribution in [3.8, 4) is 22.6 Å². The largest absolute Gasteiger partial charge is 0.494 e. The molecule has 0 aliphatic heterocycles. The first-order chi connectivity index (χ1) is 16.9. The van der Waals surface area contributed by atoms with E-state index in [9.17, 15) is 4.79 Å². The van der Waals surface area contributed by atoms with Crippen molar-refractivity contribution >= 4 is 39.7 Å². The lowest BCUT2D eigenvalue weighted by atomic mass is 9.99. The molecule has 0 saturated heterocycles. The first-order valence-electron chi connectivity index (χ1n) is 11.6. The molecule has 0 atom stereocenters. The second-order valence-electron chi connectivity index (χ2n) is 8.16. The fourth-order valence-electron chi connectivity index (χ4n) is 3.93. The average Bonchev–Trinajstić information content (AvgIpc) is 3.24. The van der Waals surface area contributed by atoms with Gasteiger partial charge in [0.15, 0.2) is 0 Å². The zero-order chi connectivity index (χ0) is 24.9. The van der Waals surface area contributed by atoms with Gasteiger partial charge in [0.25, 0.3) is 0 Å². The van der Waals surface area contributed by atoms with Crippen LogP contribution in [0.5, 0.6) is 11.5 Å². The molecule has 0 bridgehead atoms. The summed E-state index contributed by atoms with van der Waals surface area (Å²) in [5.41, 5.74) is 5.89. The van der Waals surface area contributed by atoms with E-state index in [-0.39, 0.29) is 5.91 Å². The van der Waals surface area contributed by atoms with E-state index in [2.05, 4.69) is 5.32 Å². The minimum absolute atomic E-state index is 0.241. The molecule has 0 spiro atoms. The van der Waals surface area contributed by atoms with Crippen molar-refractivity contribution in [3.05, 3.63) is 83.1 Å². The van der Waals surface area contributed by atoms with E-state index in [4.69, 9.17) is 25.5 Å². The third-order valence-electron chi connectivity index (χ3n) is 5.68. The minimum Gasteiger partial charge on any atom is -0.494 e. The topological polar surface area (TPSA) is 60.7 Å². The summed E-state index contributed by atoms with van der Waals surface area (Å²) in [5, 5.41) is 4.42. The number of furan rings is 1. The molecule has 5 nitrogen and oxygen atoms in total. The van der Waals surface area contributed by atoms with Gasteiger partial charge in [-0.25, -0.2) is 0 Å². The molecule has 1 amide bonds. The van der Waals surface area contributed by atoms with Crippen LogP contribution in [0.15, 0.2) is 71.4 Å². The van der Waals surface area contributed by atoms with Crippen LogP contribution in [-0.2, 0) is 4.79 Å². The number of ether oxygens (including phenoxy) is 2. The lowest BCUT2D eigenvalue weighted by molar-refractivity contribution is -0.111. The van der Waals surface area contributed by atoms with Gasteiger partial charge in [-0.2, -0.15) is 0 Å². The highest BCUT2D eigenvalue weighted by atomic mass is 35.5. The van der Waals surface area contributed by atoms with Crippen LogP contribution in [0.3, 0.4) is 0 Å². The summed E-state index contributed by atoms with van der Waals surface area (Å²) < 4.78 is 17.3. The summed E-state index contributed by atoms with van der Waals surface area (Å²) in [6.07, 6.45) is 3.31. The van der Waals surface area contributed by atoms with Crippen LogP contribution in [0, 0.1) is 6.92 Å². The molecule has 4 rings (SSSR count). The third-order valence-corrected chi connectivity index (χ3v) is 5.92. The number of carbonyl (C=O) groups is 1.